The average Bonchev–Trinajstić information content (AvgIpc) is 3.20. The van der Waals surface area contributed by atoms with Crippen LogP contribution in [0.25, 0.3) is 0 Å². The van der Waals surface area contributed by atoms with E-state index < -0.39 is 11.6 Å². The summed E-state index contributed by atoms with van der Waals surface area (Å²) in [4.78, 5) is 13.2. The Labute approximate surface area is 212 Å². The maximum absolute atomic E-state index is 13.2. The van der Waals surface area contributed by atoms with E-state index in [4.69, 9.17) is 9.47 Å². The normalized spacial score (nSPS) is 22.6. The monoisotopic (exact) mass is 481 g/mol. The highest BCUT2D eigenvalue weighted by molar-refractivity contribution is 5.97. The van der Waals surface area contributed by atoms with Crippen molar-refractivity contribution < 1.29 is 19.4 Å². The standard InChI is InChI=1S/C31H31NO4/c1-5-30(17-15-20(2)16-18-30)32-26-12-8-11-24(28(26)33)31(25-19-21(3)13-14-27(25)35-4)23-10-7-6-9-22(23)29(34)36-31/h6-17,19,32-33H,5,18H2,1-4H3. The number of phenols is 1. The zero-order valence-corrected chi connectivity index (χ0v) is 21.1. The van der Waals surface area contributed by atoms with Gasteiger partial charge in [-0.05, 0) is 51.0 Å². The van der Waals surface area contributed by atoms with Crippen molar-refractivity contribution >= 4 is 11.7 Å². The van der Waals surface area contributed by atoms with E-state index in [-0.39, 0.29) is 11.3 Å². The van der Waals surface area contributed by atoms with Crippen LogP contribution in [-0.2, 0) is 10.3 Å². The molecule has 0 aromatic heterocycles. The number of fused-ring (bicyclic) bond motifs is 1. The molecular formula is C31H31NO4. The minimum absolute atomic E-state index is 0.0399. The lowest BCUT2D eigenvalue weighted by Crippen LogP contribution is -2.36. The first kappa shape index (κ1) is 23.7. The lowest BCUT2D eigenvalue weighted by atomic mass is 9.78. The van der Waals surface area contributed by atoms with Crippen molar-refractivity contribution in [3.63, 3.8) is 0 Å². The van der Waals surface area contributed by atoms with Crippen molar-refractivity contribution in [2.75, 3.05) is 12.4 Å². The van der Waals surface area contributed by atoms with Gasteiger partial charge in [-0.1, -0.05) is 72.7 Å². The van der Waals surface area contributed by atoms with Gasteiger partial charge in [0.15, 0.2) is 5.60 Å². The van der Waals surface area contributed by atoms with Crippen LogP contribution >= 0.6 is 0 Å². The Morgan fingerprint density at radius 1 is 1.03 bits per heavy atom. The van der Waals surface area contributed by atoms with Gasteiger partial charge in [-0.3, -0.25) is 0 Å². The van der Waals surface area contributed by atoms with Gasteiger partial charge in [-0.2, -0.15) is 0 Å². The highest BCUT2D eigenvalue weighted by Crippen LogP contribution is 2.53. The van der Waals surface area contributed by atoms with E-state index in [1.807, 2.05) is 61.5 Å². The fourth-order valence-corrected chi connectivity index (χ4v) is 5.27. The van der Waals surface area contributed by atoms with Crippen LogP contribution in [0.1, 0.15) is 59.3 Å². The topological polar surface area (TPSA) is 67.8 Å². The summed E-state index contributed by atoms with van der Waals surface area (Å²) in [5, 5.41) is 15.4. The van der Waals surface area contributed by atoms with E-state index in [0.29, 0.717) is 33.7 Å². The SMILES string of the molecule is CCC1(Nc2cccc(C3(c4cc(C)ccc4OC)OC(=O)c4ccccc43)c2O)C=CC(C)=CC1. The Balaban J connectivity index is 1.74. The van der Waals surface area contributed by atoms with E-state index in [1.54, 1.807) is 13.2 Å². The highest BCUT2D eigenvalue weighted by Gasteiger charge is 2.51. The quantitative estimate of drug-likeness (QED) is 0.305. The fourth-order valence-electron chi connectivity index (χ4n) is 5.27. The number of nitrogens with one attached hydrogen (secondary N) is 1. The van der Waals surface area contributed by atoms with Crippen LogP contribution in [0, 0.1) is 6.92 Å². The summed E-state index contributed by atoms with van der Waals surface area (Å²) in [7, 11) is 1.60. The molecule has 5 rings (SSSR count). The molecule has 36 heavy (non-hydrogen) atoms. The molecule has 2 atom stereocenters. The number of cyclic esters (lactones) is 1. The Morgan fingerprint density at radius 2 is 1.81 bits per heavy atom. The van der Waals surface area contributed by atoms with Crippen LogP contribution in [0.15, 0.2) is 84.5 Å². The molecule has 1 heterocycles. The number of hydrogen-bond acceptors (Lipinski definition) is 5. The summed E-state index contributed by atoms with van der Waals surface area (Å²) in [6, 6.07) is 18.7. The highest BCUT2D eigenvalue weighted by atomic mass is 16.6. The smallest absolute Gasteiger partial charge is 0.340 e. The first-order chi connectivity index (χ1) is 17.3. The molecule has 184 valence electrons. The van der Waals surface area contributed by atoms with Gasteiger partial charge in [-0.25, -0.2) is 4.79 Å². The van der Waals surface area contributed by atoms with Crippen LogP contribution in [0.2, 0.25) is 0 Å². The zero-order chi connectivity index (χ0) is 25.5. The van der Waals surface area contributed by atoms with Crippen LogP contribution < -0.4 is 10.1 Å². The van der Waals surface area contributed by atoms with Gasteiger partial charge >= 0.3 is 5.97 Å². The number of benzene rings is 3. The molecule has 1 aliphatic heterocycles. The van der Waals surface area contributed by atoms with Crippen molar-refractivity contribution in [2.45, 2.75) is 44.8 Å². The maximum Gasteiger partial charge on any atom is 0.340 e. The molecule has 2 unspecified atom stereocenters. The molecule has 3 aromatic rings. The number of carbonyl (C=O) groups is 1. The van der Waals surface area contributed by atoms with Crippen LogP contribution in [-0.4, -0.2) is 23.7 Å². The molecule has 1 aliphatic carbocycles. The zero-order valence-electron chi connectivity index (χ0n) is 21.1. The number of hydrogen-bond donors (Lipinski definition) is 2. The number of rotatable bonds is 6. The number of para-hydroxylation sites is 1. The minimum Gasteiger partial charge on any atom is -0.505 e. The number of aryl methyl sites for hydroxylation is 1. The number of esters is 1. The minimum atomic E-state index is -1.37. The van der Waals surface area contributed by atoms with Crippen molar-refractivity contribution in [1.29, 1.82) is 0 Å². The van der Waals surface area contributed by atoms with Gasteiger partial charge in [0.05, 0.1) is 23.9 Å². The second kappa shape index (κ2) is 8.90. The Bertz CT molecular complexity index is 1410. The molecule has 0 spiro atoms. The summed E-state index contributed by atoms with van der Waals surface area (Å²) in [6.07, 6.45) is 8.12. The van der Waals surface area contributed by atoms with Gasteiger partial charge in [0.1, 0.15) is 11.5 Å². The van der Waals surface area contributed by atoms with Gasteiger partial charge in [-0.15, -0.1) is 0 Å². The van der Waals surface area contributed by atoms with Crippen LogP contribution in [0.3, 0.4) is 0 Å². The van der Waals surface area contributed by atoms with E-state index in [9.17, 15) is 9.90 Å². The molecule has 2 aliphatic rings. The number of aromatic hydroxyl groups is 1. The Kier molecular flexibility index (Phi) is 5.87. The molecule has 0 amide bonds. The number of ether oxygens (including phenoxy) is 2. The van der Waals surface area contributed by atoms with Crippen LogP contribution in [0.5, 0.6) is 11.5 Å². The largest absolute Gasteiger partial charge is 0.505 e. The summed E-state index contributed by atoms with van der Waals surface area (Å²) >= 11 is 0. The van der Waals surface area contributed by atoms with Crippen molar-refractivity contribution in [3.05, 3.63) is 112 Å². The third-order valence-corrected chi connectivity index (χ3v) is 7.39. The van der Waals surface area contributed by atoms with Gasteiger partial charge in [0.25, 0.3) is 0 Å². The summed E-state index contributed by atoms with van der Waals surface area (Å²) < 4.78 is 12.0. The molecule has 5 heteroatoms. The number of carbonyl (C=O) groups excluding carboxylic acids is 1. The third-order valence-electron chi connectivity index (χ3n) is 7.39. The molecule has 3 aromatic carbocycles. The van der Waals surface area contributed by atoms with Crippen molar-refractivity contribution in [3.8, 4) is 11.5 Å². The third kappa shape index (κ3) is 3.67. The van der Waals surface area contributed by atoms with Gasteiger partial charge in [0, 0.05) is 16.7 Å². The number of allylic oxidation sites excluding steroid dienone is 2. The van der Waals surface area contributed by atoms with Crippen LogP contribution in [0.4, 0.5) is 5.69 Å². The predicted molar refractivity (Wildman–Crippen MR) is 142 cm³/mol. The van der Waals surface area contributed by atoms with Gasteiger partial charge in [0.2, 0.25) is 0 Å². The molecule has 0 saturated heterocycles. The van der Waals surface area contributed by atoms with E-state index in [2.05, 4.69) is 37.4 Å². The molecular weight excluding hydrogens is 450 g/mol. The summed E-state index contributed by atoms with van der Waals surface area (Å²) in [6.45, 7) is 6.19. The number of anilines is 1. The average molecular weight is 482 g/mol. The predicted octanol–water partition coefficient (Wildman–Crippen LogP) is 6.64. The van der Waals surface area contributed by atoms with Gasteiger partial charge < -0.3 is 19.9 Å². The molecule has 0 bridgehead atoms. The van der Waals surface area contributed by atoms with E-state index in [1.165, 1.54) is 5.57 Å². The number of phenolic OH excluding ortho intramolecular Hbond substituents is 1. The first-order valence-electron chi connectivity index (χ1n) is 12.3. The second-order valence-electron chi connectivity index (χ2n) is 9.64. The molecule has 0 fully saturated rings. The maximum atomic E-state index is 13.2. The first-order valence-corrected chi connectivity index (χ1v) is 12.3. The molecule has 0 saturated carbocycles. The second-order valence-corrected chi connectivity index (χ2v) is 9.64. The Morgan fingerprint density at radius 3 is 2.53 bits per heavy atom. The van der Waals surface area contributed by atoms with E-state index >= 15 is 0 Å². The van der Waals surface area contributed by atoms with Crippen molar-refractivity contribution in [2.24, 2.45) is 0 Å². The lowest BCUT2D eigenvalue weighted by Gasteiger charge is -2.36. The fraction of sp³-hybridized carbons (Fsp3) is 0.258. The molecule has 5 nitrogen and oxygen atoms in total. The molecule has 2 N–H and O–H groups in total. The van der Waals surface area contributed by atoms with Crippen molar-refractivity contribution in [1.82, 2.24) is 0 Å². The summed E-state index contributed by atoms with van der Waals surface area (Å²) in [5.41, 5.74) is 3.38. The Hall–Kier alpha value is -3.99. The lowest BCUT2D eigenvalue weighted by molar-refractivity contribution is 0.0239. The number of methoxy groups -OCH3 is 1. The molecule has 0 radical (unpaired) electrons. The van der Waals surface area contributed by atoms with E-state index in [0.717, 1.165) is 18.4 Å². The summed E-state index contributed by atoms with van der Waals surface area (Å²) in [5.74, 6) is 0.176.